The number of nitrogen functional groups attached to an aromatic ring is 1. The van der Waals surface area contributed by atoms with Crippen molar-refractivity contribution in [1.82, 2.24) is 9.97 Å². The van der Waals surface area contributed by atoms with Gasteiger partial charge in [0.25, 0.3) is 0 Å². The summed E-state index contributed by atoms with van der Waals surface area (Å²) in [5, 5.41) is 0. The van der Waals surface area contributed by atoms with Gasteiger partial charge in [0.15, 0.2) is 5.82 Å². The Hall–Kier alpha value is -1.42. The lowest BCUT2D eigenvalue weighted by atomic mass is 10.1. The van der Waals surface area contributed by atoms with Crippen LogP contribution >= 0.6 is 15.9 Å². The summed E-state index contributed by atoms with van der Waals surface area (Å²) < 4.78 is 0.722. The molecule has 2 rings (SSSR count). The van der Waals surface area contributed by atoms with Crippen molar-refractivity contribution in [1.29, 1.82) is 0 Å². The maximum absolute atomic E-state index is 5.73. The van der Waals surface area contributed by atoms with Gasteiger partial charge in [0.05, 0.1) is 4.47 Å². The lowest BCUT2D eigenvalue weighted by Crippen LogP contribution is -1.96. The van der Waals surface area contributed by atoms with Crippen LogP contribution in [0.2, 0.25) is 0 Å². The molecule has 2 N–H and O–H groups in total. The number of hydrogen-bond acceptors (Lipinski definition) is 3. The number of nitrogens with two attached hydrogens (primary N) is 1. The van der Waals surface area contributed by atoms with Crippen molar-refractivity contribution in [3.8, 4) is 11.4 Å². The van der Waals surface area contributed by atoms with Gasteiger partial charge in [-0.3, -0.25) is 0 Å². The smallest absolute Gasteiger partial charge is 0.161 e. The normalized spacial score (nSPS) is 10.4. The van der Waals surface area contributed by atoms with Crippen LogP contribution in [0.1, 0.15) is 11.1 Å². The van der Waals surface area contributed by atoms with Crippen LogP contribution in [0, 0.1) is 13.8 Å². The molecule has 0 radical (unpaired) electrons. The summed E-state index contributed by atoms with van der Waals surface area (Å²) in [6.07, 6.45) is 1.67. The average Bonchev–Trinajstić information content (AvgIpc) is 2.26. The van der Waals surface area contributed by atoms with Crippen LogP contribution in [-0.2, 0) is 0 Å². The minimum absolute atomic E-state index is 0.461. The predicted molar refractivity (Wildman–Crippen MR) is 69.1 cm³/mol. The van der Waals surface area contributed by atoms with Gasteiger partial charge in [-0.05, 0) is 47.0 Å². The zero-order valence-corrected chi connectivity index (χ0v) is 10.7. The first-order valence-electron chi connectivity index (χ1n) is 4.93. The van der Waals surface area contributed by atoms with Gasteiger partial charge < -0.3 is 5.73 Å². The van der Waals surface area contributed by atoms with Gasteiger partial charge >= 0.3 is 0 Å². The molecule has 82 valence electrons. The molecular weight excluding hydrogens is 266 g/mol. The molecule has 0 fully saturated rings. The quantitative estimate of drug-likeness (QED) is 0.872. The molecule has 0 bridgehead atoms. The molecule has 0 atom stereocenters. The van der Waals surface area contributed by atoms with Crippen molar-refractivity contribution >= 4 is 21.7 Å². The number of anilines is 1. The highest BCUT2D eigenvalue weighted by Crippen LogP contribution is 2.22. The lowest BCUT2D eigenvalue weighted by Gasteiger charge is -2.05. The van der Waals surface area contributed by atoms with Gasteiger partial charge in [-0.15, -0.1) is 0 Å². The Morgan fingerprint density at radius 3 is 2.56 bits per heavy atom. The Morgan fingerprint density at radius 1 is 1.19 bits per heavy atom. The molecule has 3 nitrogen and oxygen atoms in total. The first kappa shape index (κ1) is 11.1. The molecule has 1 heterocycles. The molecule has 0 saturated heterocycles. The van der Waals surface area contributed by atoms with Gasteiger partial charge in [0, 0.05) is 11.8 Å². The van der Waals surface area contributed by atoms with Crippen molar-refractivity contribution in [2.75, 3.05) is 5.73 Å². The topological polar surface area (TPSA) is 51.8 Å². The van der Waals surface area contributed by atoms with Crippen molar-refractivity contribution in [2.24, 2.45) is 0 Å². The summed E-state index contributed by atoms with van der Waals surface area (Å²) in [5.74, 6) is 1.12. The third kappa shape index (κ3) is 2.07. The van der Waals surface area contributed by atoms with E-state index in [0.29, 0.717) is 11.6 Å². The molecule has 0 amide bonds. The van der Waals surface area contributed by atoms with Crippen LogP contribution in [0.25, 0.3) is 11.4 Å². The average molecular weight is 278 g/mol. The SMILES string of the molecule is Cc1ccc(-c2ncc(Br)c(N)n2)cc1C. The number of halogens is 1. The Morgan fingerprint density at radius 2 is 1.94 bits per heavy atom. The van der Waals surface area contributed by atoms with E-state index < -0.39 is 0 Å². The molecule has 2 aromatic rings. The molecule has 0 aliphatic carbocycles. The molecule has 16 heavy (non-hydrogen) atoms. The summed E-state index contributed by atoms with van der Waals surface area (Å²) in [4.78, 5) is 8.48. The number of nitrogens with zero attached hydrogens (tertiary/aromatic N) is 2. The van der Waals surface area contributed by atoms with Crippen LogP contribution in [0.15, 0.2) is 28.9 Å². The second-order valence-electron chi connectivity index (χ2n) is 3.73. The minimum Gasteiger partial charge on any atom is -0.383 e. The Labute approximate surface area is 103 Å². The molecule has 4 heteroatoms. The highest BCUT2D eigenvalue weighted by Gasteiger charge is 2.05. The summed E-state index contributed by atoms with van der Waals surface area (Å²) in [6.45, 7) is 4.15. The zero-order chi connectivity index (χ0) is 11.7. The van der Waals surface area contributed by atoms with Gasteiger partial charge in [-0.2, -0.15) is 0 Å². The van der Waals surface area contributed by atoms with Crippen molar-refractivity contribution in [2.45, 2.75) is 13.8 Å². The van der Waals surface area contributed by atoms with Crippen molar-refractivity contribution in [3.05, 3.63) is 40.0 Å². The summed E-state index contributed by atoms with van der Waals surface area (Å²) >= 11 is 3.28. The van der Waals surface area contributed by atoms with E-state index in [1.165, 1.54) is 11.1 Å². The molecule has 0 saturated carbocycles. The van der Waals surface area contributed by atoms with E-state index in [1.807, 2.05) is 6.07 Å². The largest absolute Gasteiger partial charge is 0.383 e. The number of aromatic nitrogens is 2. The van der Waals surface area contributed by atoms with Crippen LogP contribution in [0.5, 0.6) is 0 Å². The van der Waals surface area contributed by atoms with E-state index in [9.17, 15) is 0 Å². The monoisotopic (exact) mass is 277 g/mol. The third-order valence-corrected chi connectivity index (χ3v) is 3.15. The number of aryl methyl sites for hydroxylation is 2. The first-order chi connectivity index (χ1) is 7.58. The van der Waals surface area contributed by atoms with Gasteiger partial charge in [0.1, 0.15) is 5.82 Å². The van der Waals surface area contributed by atoms with Crippen LogP contribution in [0.3, 0.4) is 0 Å². The predicted octanol–water partition coefficient (Wildman–Crippen LogP) is 3.11. The Bertz CT molecular complexity index is 488. The fraction of sp³-hybridized carbons (Fsp3) is 0.167. The van der Waals surface area contributed by atoms with Gasteiger partial charge in [-0.1, -0.05) is 12.1 Å². The van der Waals surface area contributed by atoms with Crippen LogP contribution in [-0.4, -0.2) is 9.97 Å². The second kappa shape index (κ2) is 4.22. The Balaban J connectivity index is 2.50. The molecule has 0 spiro atoms. The zero-order valence-electron chi connectivity index (χ0n) is 9.16. The maximum Gasteiger partial charge on any atom is 0.161 e. The number of rotatable bonds is 1. The molecule has 0 unspecified atom stereocenters. The highest BCUT2D eigenvalue weighted by atomic mass is 79.9. The molecule has 0 aliphatic rings. The van der Waals surface area contributed by atoms with Gasteiger partial charge in [0.2, 0.25) is 0 Å². The summed E-state index contributed by atoms with van der Waals surface area (Å²) in [7, 11) is 0. The number of hydrogen-bond donors (Lipinski definition) is 1. The first-order valence-corrected chi connectivity index (χ1v) is 5.73. The molecular formula is C12H12BrN3. The fourth-order valence-corrected chi connectivity index (χ4v) is 1.59. The van der Waals surface area contributed by atoms with Crippen molar-refractivity contribution in [3.63, 3.8) is 0 Å². The standard InChI is InChI=1S/C12H12BrN3/c1-7-3-4-9(5-8(7)2)12-15-6-10(13)11(14)16-12/h3-6H,1-2H3,(H2,14,15,16). The molecule has 1 aromatic carbocycles. The van der Waals surface area contributed by atoms with E-state index in [0.717, 1.165) is 10.0 Å². The third-order valence-electron chi connectivity index (χ3n) is 2.54. The summed E-state index contributed by atoms with van der Waals surface area (Å²) in [5.41, 5.74) is 9.20. The second-order valence-corrected chi connectivity index (χ2v) is 4.58. The van der Waals surface area contributed by atoms with E-state index in [1.54, 1.807) is 6.20 Å². The van der Waals surface area contributed by atoms with Crippen LogP contribution < -0.4 is 5.73 Å². The van der Waals surface area contributed by atoms with E-state index in [-0.39, 0.29) is 0 Å². The molecule has 1 aromatic heterocycles. The van der Waals surface area contributed by atoms with Gasteiger partial charge in [-0.25, -0.2) is 9.97 Å². The van der Waals surface area contributed by atoms with E-state index in [2.05, 4.69) is 51.9 Å². The lowest BCUT2D eigenvalue weighted by molar-refractivity contribution is 1.16. The highest BCUT2D eigenvalue weighted by molar-refractivity contribution is 9.10. The van der Waals surface area contributed by atoms with Crippen molar-refractivity contribution < 1.29 is 0 Å². The Kier molecular flexibility index (Phi) is 2.92. The summed E-state index contributed by atoms with van der Waals surface area (Å²) in [6, 6.07) is 6.13. The van der Waals surface area contributed by atoms with Crippen LogP contribution in [0.4, 0.5) is 5.82 Å². The maximum atomic E-state index is 5.73. The molecule has 0 aliphatic heterocycles. The number of benzene rings is 1. The van der Waals surface area contributed by atoms with E-state index in [4.69, 9.17) is 5.73 Å². The minimum atomic E-state index is 0.461. The van der Waals surface area contributed by atoms with E-state index >= 15 is 0 Å². The fourth-order valence-electron chi connectivity index (χ4n) is 1.40.